The van der Waals surface area contributed by atoms with Crippen LogP contribution in [0.4, 0.5) is 5.69 Å². The van der Waals surface area contributed by atoms with E-state index in [2.05, 4.69) is 15.2 Å². The molecule has 3 aromatic rings. The van der Waals surface area contributed by atoms with Gasteiger partial charge in [-0.15, -0.1) is 0 Å². The zero-order valence-electron chi connectivity index (χ0n) is 10.9. The molecule has 1 aromatic heterocycles. The van der Waals surface area contributed by atoms with E-state index >= 15 is 0 Å². The topological polar surface area (TPSA) is 67.6 Å². The second kappa shape index (κ2) is 4.98. The smallest absolute Gasteiger partial charge is 0.181 e. The Morgan fingerprint density at radius 3 is 2.70 bits per heavy atom. The highest BCUT2D eigenvalue weighted by molar-refractivity contribution is 6.30. The van der Waals surface area contributed by atoms with E-state index in [1.54, 1.807) is 0 Å². The lowest BCUT2D eigenvalue weighted by atomic mass is 10.1. The molecule has 0 fully saturated rings. The van der Waals surface area contributed by atoms with Gasteiger partial charge in [-0.25, -0.2) is 4.98 Å². The molecule has 1 heterocycles. The molecule has 0 amide bonds. The minimum absolute atomic E-state index is 0.613. The molecule has 3 N–H and O–H groups in total. The Morgan fingerprint density at radius 1 is 1.10 bits per heavy atom. The van der Waals surface area contributed by atoms with E-state index in [1.165, 1.54) is 0 Å². The number of aryl methyl sites for hydroxylation is 1. The predicted molar refractivity (Wildman–Crippen MR) is 81.4 cm³/mol. The van der Waals surface area contributed by atoms with Gasteiger partial charge in [-0.2, -0.15) is 5.10 Å². The number of hydrogen-bond donors (Lipinski definition) is 2. The van der Waals surface area contributed by atoms with E-state index in [0.29, 0.717) is 16.7 Å². The highest BCUT2D eigenvalue weighted by Crippen LogP contribution is 2.24. The molecule has 0 spiro atoms. The number of anilines is 1. The average molecular weight is 285 g/mol. The van der Waals surface area contributed by atoms with Crippen LogP contribution in [0.5, 0.6) is 0 Å². The maximum Gasteiger partial charge on any atom is 0.181 e. The van der Waals surface area contributed by atoms with Gasteiger partial charge in [-0.1, -0.05) is 35.9 Å². The van der Waals surface area contributed by atoms with Crippen LogP contribution in [-0.2, 0) is 0 Å². The monoisotopic (exact) mass is 284 g/mol. The molecule has 0 unspecified atom stereocenters. The first-order chi connectivity index (χ1) is 9.63. The second-order valence-corrected chi connectivity index (χ2v) is 5.03. The van der Waals surface area contributed by atoms with E-state index < -0.39 is 0 Å². The molecule has 0 aliphatic carbocycles. The second-order valence-electron chi connectivity index (χ2n) is 4.59. The third-order valence-electron chi connectivity index (χ3n) is 3.12. The van der Waals surface area contributed by atoms with E-state index in [0.717, 1.165) is 22.4 Å². The van der Waals surface area contributed by atoms with E-state index in [9.17, 15) is 0 Å². The quantitative estimate of drug-likeness (QED) is 0.705. The number of nitrogen functional groups attached to an aromatic ring is 1. The Kier molecular flexibility index (Phi) is 3.16. The summed E-state index contributed by atoms with van der Waals surface area (Å²) in [5, 5.41) is 7.81. The van der Waals surface area contributed by atoms with Gasteiger partial charge >= 0.3 is 0 Å². The van der Waals surface area contributed by atoms with Crippen molar-refractivity contribution in [1.29, 1.82) is 0 Å². The number of nitrogens with zero attached hydrogens (tertiary/aromatic N) is 2. The summed E-state index contributed by atoms with van der Waals surface area (Å²) in [6.07, 6.45) is 0. The van der Waals surface area contributed by atoms with Crippen LogP contribution >= 0.6 is 11.6 Å². The lowest BCUT2D eigenvalue weighted by molar-refractivity contribution is 1.10. The number of nitrogens with one attached hydrogen (secondary N) is 1. The summed E-state index contributed by atoms with van der Waals surface area (Å²) in [6, 6.07) is 13.3. The van der Waals surface area contributed by atoms with Gasteiger partial charge in [-0.3, -0.25) is 5.10 Å². The van der Waals surface area contributed by atoms with Crippen molar-refractivity contribution >= 4 is 17.3 Å². The number of benzene rings is 2. The standard InChI is InChI=1S/C15H13ClN4/c1-9-5-6-11(8-13(9)17)15-18-14(19-20-15)10-3-2-4-12(16)7-10/h2-8H,17H2,1H3,(H,18,19,20). The lowest BCUT2D eigenvalue weighted by Crippen LogP contribution is -1.90. The highest BCUT2D eigenvalue weighted by Gasteiger charge is 2.08. The van der Waals surface area contributed by atoms with Gasteiger partial charge < -0.3 is 5.73 Å². The number of H-pyrrole nitrogens is 1. The minimum Gasteiger partial charge on any atom is -0.398 e. The van der Waals surface area contributed by atoms with Crippen LogP contribution in [0.2, 0.25) is 5.02 Å². The first kappa shape index (κ1) is 12.7. The van der Waals surface area contributed by atoms with Crippen LogP contribution in [-0.4, -0.2) is 15.2 Å². The maximum absolute atomic E-state index is 5.97. The van der Waals surface area contributed by atoms with Gasteiger partial charge in [0.15, 0.2) is 11.6 Å². The van der Waals surface area contributed by atoms with Crippen LogP contribution < -0.4 is 5.73 Å². The van der Waals surface area contributed by atoms with Gasteiger partial charge in [0.1, 0.15) is 0 Å². The van der Waals surface area contributed by atoms with Crippen molar-refractivity contribution in [2.45, 2.75) is 6.92 Å². The van der Waals surface area contributed by atoms with Crippen molar-refractivity contribution in [3.05, 3.63) is 53.1 Å². The van der Waals surface area contributed by atoms with Gasteiger partial charge in [-0.05, 0) is 30.7 Å². The summed E-state index contributed by atoms with van der Waals surface area (Å²) in [4.78, 5) is 4.48. The summed E-state index contributed by atoms with van der Waals surface area (Å²) < 4.78 is 0. The highest BCUT2D eigenvalue weighted by atomic mass is 35.5. The number of rotatable bonds is 2. The molecule has 100 valence electrons. The molecule has 20 heavy (non-hydrogen) atoms. The van der Waals surface area contributed by atoms with Gasteiger partial charge in [0, 0.05) is 21.8 Å². The Bertz CT molecular complexity index is 764. The summed E-state index contributed by atoms with van der Waals surface area (Å²) in [5.41, 5.74) is 9.49. The SMILES string of the molecule is Cc1ccc(-c2nc(-c3cccc(Cl)c3)n[nH]2)cc1N. The van der Waals surface area contributed by atoms with Crippen LogP contribution in [0.15, 0.2) is 42.5 Å². The van der Waals surface area contributed by atoms with E-state index in [4.69, 9.17) is 17.3 Å². The normalized spacial score (nSPS) is 10.7. The molecule has 3 rings (SSSR count). The zero-order chi connectivity index (χ0) is 14.1. The van der Waals surface area contributed by atoms with E-state index in [1.807, 2.05) is 49.4 Å². The number of halogens is 1. The molecule has 5 heteroatoms. The molecule has 0 saturated heterocycles. The van der Waals surface area contributed by atoms with Crippen LogP contribution in [0, 0.1) is 6.92 Å². The number of aromatic nitrogens is 3. The summed E-state index contributed by atoms with van der Waals surface area (Å²) in [6.45, 7) is 1.97. The number of aromatic amines is 1. The van der Waals surface area contributed by atoms with Crippen LogP contribution in [0.3, 0.4) is 0 Å². The maximum atomic E-state index is 5.97. The summed E-state index contributed by atoms with van der Waals surface area (Å²) in [7, 11) is 0. The van der Waals surface area contributed by atoms with Gasteiger partial charge in [0.2, 0.25) is 0 Å². The molecule has 0 bridgehead atoms. The third kappa shape index (κ3) is 2.38. The van der Waals surface area contributed by atoms with Crippen molar-refractivity contribution in [1.82, 2.24) is 15.2 Å². The first-order valence-electron chi connectivity index (χ1n) is 6.18. The van der Waals surface area contributed by atoms with Crippen molar-refractivity contribution in [3.63, 3.8) is 0 Å². The lowest BCUT2D eigenvalue weighted by Gasteiger charge is -2.01. The molecule has 2 aromatic carbocycles. The fourth-order valence-electron chi connectivity index (χ4n) is 1.94. The molecule has 4 nitrogen and oxygen atoms in total. The third-order valence-corrected chi connectivity index (χ3v) is 3.36. The molecular weight excluding hydrogens is 272 g/mol. The van der Waals surface area contributed by atoms with Crippen molar-refractivity contribution < 1.29 is 0 Å². The molecule has 0 atom stereocenters. The number of nitrogens with two attached hydrogens (primary N) is 1. The molecule has 0 saturated carbocycles. The van der Waals surface area contributed by atoms with Crippen molar-refractivity contribution in [2.75, 3.05) is 5.73 Å². The summed E-state index contributed by atoms with van der Waals surface area (Å²) in [5.74, 6) is 1.30. The summed E-state index contributed by atoms with van der Waals surface area (Å²) >= 11 is 5.97. The Labute approximate surface area is 121 Å². The van der Waals surface area contributed by atoms with Crippen molar-refractivity contribution in [2.24, 2.45) is 0 Å². The minimum atomic E-state index is 0.613. The Hall–Kier alpha value is -2.33. The zero-order valence-corrected chi connectivity index (χ0v) is 11.6. The van der Waals surface area contributed by atoms with Crippen LogP contribution in [0.25, 0.3) is 22.8 Å². The van der Waals surface area contributed by atoms with Gasteiger partial charge in [0.25, 0.3) is 0 Å². The fourth-order valence-corrected chi connectivity index (χ4v) is 2.13. The average Bonchev–Trinajstić information content (AvgIpc) is 2.92. The Morgan fingerprint density at radius 2 is 1.95 bits per heavy atom. The van der Waals surface area contributed by atoms with Gasteiger partial charge in [0.05, 0.1) is 0 Å². The molecular formula is C15H13ClN4. The predicted octanol–water partition coefficient (Wildman–Crippen LogP) is 3.68. The largest absolute Gasteiger partial charge is 0.398 e. The Balaban J connectivity index is 1.99. The van der Waals surface area contributed by atoms with E-state index in [-0.39, 0.29) is 0 Å². The van der Waals surface area contributed by atoms with Crippen molar-refractivity contribution in [3.8, 4) is 22.8 Å². The molecule has 0 aliphatic heterocycles. The fraction of sp³-hybridized carbons (Fsp3) is 0.0667. The number of hydrogen-bond acceptors (Lipinski definition) is 3. The molecule has 0 radical (unpaired) electrons. The van der Waals surface area contributed by atoms with Crippen LogP contribution in [0.1, 0.15) is 5.56 Å². The first-order valence-corrected chi connectivity index (χ1v) is 6.56. The molecule has 0 aliphatic rings.